The van der Waals surface area contributed by atoms with E-state index in [0.717, 1.165) is 41.1 Å². The molecule has 1 aliphatic rings. The standard InChI is InChI=1S/C8H6ClN.C5H11NO2S.C5H9NO2.C3H7NO3/c9-7-1-2-8-6(5-7)3-4-10-8;1-9-3-2-4(6)5(7)8;7-5(8)4-2-1-3-6-4;4-2(1-5)3(6)7/h1-5,10H;4H,2-3,6H2,1H3,(H,7,8);4,6H,1-3H2,(H,7,8);2,5H,1,4H2,(H,6,7)/t;2*4-;2-/m.000/s1. The zero-order chi connectivity index (χ0) is 26.1. The third-order valence-corrected chi connectivity index (χ3v) is 5.22. The zero-order valence-corrected chi connectivity index (χ0v) is 20.4. The number of hydrogen-bond acceptors (Lipinski definition) is 8. The maximum absolute atomic E-state index is 10.1. The molecule has 3 atom stereocenters. The second-order valence-corrected chi connectivity index (χ2v) is 8.47. The molecule has 0 unspecified atom stereocenters. The highest BCUT2D eigenvalue weighted by atomic mass is 35.5. The van der Waals surface area contributed by atoms with Crippen LogP contribution in [-0.2, 0) is 14.4 Å². The van der Waals surface area contributed by atoms with E-state index in [-0.39, 0.29) is 6.04 Å². The van der Waals surface area contributed by atoms with Crippen LogP contribution in [-0.4, -0.2) is 86.6 Å². The Kier molecular flexibility index (Phi) is 16.8. The topological polar surface area (TPSA) is 212 Å². The van der Waals surface area contributed by atoms with E-state index >= 15 is 0 Å². The average molecular weight is 521 g/mol. The van der Waals surface area contributed by atoms with Crippen molar-refractivity contribution in [1.82, 2.24) is 10.3 Å². The van der Waals surface area contributed by atoms with Gasteiger partial charge in [0.2, 0.25) is 0 Å². The predicted molar refractivity (Wildman–Crippen MR) is 133 cm³/mol. The highest BCUT2D eigenvalue weighted by Gasteiger charge is 2.20. The van der Waals surface area contributed by atoms with Gasteiger partial charge in [0.1, 0.15) is 18.1 Å². The smallest absolute Gasteiger partial charge is 0.322 e. The lowest BCUT2D eigenvalue weighted by Gasteiger charge is -2.02. The Balaban J connectivity index is 0.000000432. The van der Waals surface area contributed by atoms with Crippen LogP contribution in [0.3, 0.4) is 0 Å². The van der Waals surface area contributed by atoms with E-state index in [2.05, 4.69) is 10.3 Å². The average Bonchev–Trinajstić information content (AvgIpc) is 3.50. The van der Waals surface area contributed by atoms with Crippen LogP contribution < -0.4 is 16.8 Å². The predicted octanol–water partition coefficient (Wildman–Crippen LogP) is 1.19. The number of thioether (sulfide) groups is 1. The van der Waals surface area contributed by atoms with Crippen LogP contribution >= 0.6 is 23.4 Å². The summed E-state index contributed by atoms with van der Waals surface area (Å²) < 4.78 is 0. The van der Waals surface area contributed by atoms with Gasteiger partial charge in [0, 0.05) is 22.1 Å². The number of carbonyl (C=O) groups is 3. The largest absolute Gasteiger partial charge is 0.480 e. The Morgan fingerprint density at radius 1 is 1.15 bits per heavy atom. The number of H-pyrrole nitrogens is 1. The van der Waals surface area contributed by atoms with Crippen molar-refractivity contribution in [2.45, 2.75) is 37.4 Å². The minimum Gasteiger partial charge on any atom is -0.480 e. The lowest BCUT2D eigenvalue weighted by molar-refractivity contribution is -0.140. The Morgan fingerprint density at radius 3 is 2.21 bits per heavy atom. The molecule has 13 heteroatoms. The van der Waals surface area contributed by atoms with Gasteiger partial charge >= 0.3 is 17.9 Å². The normalized spacial score (nSPS) is 16.0. The number of aromatic amines is 1. The number of aliphatic hydroxyl groups excluding tert-OH is 1. The second kappa shape index (κ2) is 18.0. The van der Waals surface area contributed by atoms with Crippen LogP contribution in [0.1, 0.15) is 19.3 Å². The zero-order valence-electron chi connectivity index (χ0n) is 18.8. The summed E-state index contributed by atoms with van der Waals surface area (Å²) in [7, 11) is 0. The van der Waals surface area contributed by atoms with Gasteiger partial charge in [-0.15, -0.1) is 0 Å². The summed E-state index contributed by atoms with van der Waals surface area (Å²) in [5.41, 5.74) is 11.1. The quantitative estimate of drug-likeness (QED) is 0.259. The highest BCUT2D eigenvalue weighted by molar-refractivity contribution is 7.98. The van der Waals surface area contributed by atoms with E-state index in [4.69, 9.17) is 43.5 Å². The molecule has 1 aromatic carbocycles. The van der Waals surface area contributed by atoms with Crippen LogP contribution in [0.5, 0.6) is 0 Å². The molecule has 0 bridgehead atoms. The van der Waals surface area contributed by atoms with E-state index in [0.29, 0.717) is 6.42 Å². The number of aromatic nitrogens is 1. The fourth-order valence-electron chi connectivity index (χ4n) is 2.37. The molecule has 1 saturated heterocycles. The maximum Gasteiger partial charge on any atom is 0.322 e. The van der Waals surface area contributed by atoms with Gasteiger partial charge in [-0.25, -0.2) is 0 Å². The Bertz CT molecular complexity index is 878. The molecule has 34 heavy (non-hydrogen) atoms. The summed E-state index contributed by atoms with van der Waals surface area (Å²) in [5.74, 6) is -2.00. The van der Waals surface area contributed by atoms with Gasteiger partial charge in [-0.05, 0) is 62.1 Å². The lowest BCUT2D eigenvalue weighted by Crippen LogP contribution is -2.33. The van der Waals surface area contributed by atoms with E-state index < -0.39 is 36.6 Å². The number of carboxylic acid groups (broad SMARTS) is 3. The molecule has 11 nitrogen and oxygen atoms in total. The highest BCUT2D eigenvalue weighted by Crippen LogP contribution is 2.17. The number of fused-ring (bicyclic) bond motifs is 1. The van der Waals surface area contributed by atoms with Gasteiger partial charge in [0.25, 0.3) is 0 Å². The number of aliphatic hydroxyl groups is 1. The van der Waals surface area contributed by atoms with Crippen molar-refractivity contribution in [1.29, 1.82) is 0 Å². The molecule has 2 aromatic rings. The third kappa shape index (κ3) is 14.0. The first-order chi connectivity index (χ1) is 16.0. The van der Waals surface area contributed by atoms with Crippen LogP contribution in [0.4, 0.5) is 0 Å². The maximum atomic E-state index is 10.1. The second-order valence-electron chi connectivity index (χ2n) is 7.05. The number of halogens is 1. The number of carboxylic acids is 3. The van der Waals surface area contributed by atoms with E-state index in [1.165, 1.54) is 0 Å². The van der Waals surface area contributed by atoms with Crippen molar-refractivity contribution in [3.63, 3.8) is 0 Å². The lowest BCUT2D eigenvalue weighted by atomic mass is 10.2. The molecular weight excluding hydrogens is 488 g/mol. The first-order valence-electron chi connectivity index (χ1n) is 10.3. The van der Waals surface area contributed by atoms with Crippen LogP contribution in [0.2, 0.25) is 5.02 Å². The molecule has 3 rings (SSSR count). The number of aliphatic carboxylic acids is 3. The summed E-state index contributed by atoms with van der Waals surface area (Å²) in [4.78, 5) is 32.9. The molecule has 0 radical (unpaired) electrons. The van der Waals surface area contributed by atoms with Gasteiger partial charge in [-0.3, -0.25) is 14.4 Å². The molecular formula is C21H33ClN4O7S. The van der Waals surface area contributed by atoms with Gasteiger partial charge in [-0.1, -0.05) is 11.6 Å². The first kappa shape index (κ1) is 31.6. The number of hydrogen-bond donors (Lipinski definition) is 8. The minimum absolute atomic E-state index is 0.269. The van der Waals surface area contributed by atoms with E-state index in [1.54, 1.807) is 11.8 Å². The van der Waals surface area contributed by atoms with Crippen LogP contribution in [0, 0.1) is 0 Å². The Labute approximate surface area is 206 Å². The first-order valence-corrected chi connectivity index (χ1v) is 12.1. The van der Waals surface area contributed by atoms with Crippen molar-refractivity contribution in [2.75, 3.05) is 25.2 Å². The van der Waals surface area contributed by atoms with E-state index in [1.807, 2.05) is 36.7 Å². The molecule has 0 amide bonds. The molecule has 0 aliphatic carbocycles. The molecule has 192 valence electrons. The number of benzene rings is 1. The summed E-state index contributed by atoms with van der Waals surface area (Å²) in [6.07, 6.45) is 6.17. The van der Waals surface area contributed by atoms with Crippen LogP contribution in [0.25, 0.3) is 10.9 Å². The molecule has 10 N–H and O–H groups in total. The minimum atomic E-state index is -1.18. The molecule has 0 spiro atoms. The molecule has 0 saturated carbocycles. The monoisotopic (exact) mass is 520 g/mol. The molecule has 1 aromatic heterocycles. The summed E-state index contributed by atoms with van der Waals surface area (Å²) >= 11 is 7.37. The van der Waals surface area contributed by atoms with Gasteiger partial charge < -0.3 is 42.2 Å². The number of nitrogens with one attached hydrogen (secondary N) is 2. The van der Waals surface area contributed by atoms with Crippen molar-refractivity contribution in [2.24, 2.45) is 11.5 Å². The SMILES string of the molecule is CSCC[C@H](N)C(=O)O.Clc1ccc2[nH]ccc2c1.N[C@@H](CO)C(=O)O.O=C(O)[C@@H]1CCCN1. The Hall–Kier alpha value is -2.35. The fraction of sp³-hybridized carbons (Fsp3) is 0.476. The summed E-state index contributed by atoms with van der Waals surface area (Å²) in [6, 6.07) is 5.71. The van der Waals surface area contributed by atoms with Crippen molar-refractivity contribution in [3.8, 4) is 0 Å². The molecule has 1 aliphatic heterocycles. The van der Waals surface area contributed by atoms with Gasteiger partial charge in [0.15, 0.2) is 0 Å². The van der Waals surface area contributed by atoms with Gasteiger partial charge in [0.05, 0.1) is 6.61 Å². The Morgan fingerprint density at radius 2 is 1.79 bits per heavy atom. The van der Waals surface area contributed by atoms with Crippen molar-refractivity contribution >= 4 is 52.2 Å². The number of nitrogens with two attached hydrogens (primary N) is 2. The molecule has 2 heterocycles. The summed E-state index contributed by atoms with van der Waals surface area (Å²) in [6.45, 7) is 0.353. The summed E-state index contributed by atoms with van der Waals surface area (Å²) in [5, 5.41) is 37.3. The number of rotatable bonds is 7. The van der Waals surface area contributed by atoms with Crippen LogP contribution in [0.15, 0.2) is 30.5 Å². The fourth-order valence-corrected chi connectivity index (χ4v) is 3.04. The van der Waals surface area contributed by atoms with Crippen molar-refractivity contribution < 1.29 is 34.8 Å². The van der Waals surface area contributed by atoms with E-state index in [9.17, 15) is 14.4 Å². The van der Waals surface area contributed by atoms with Crippen molar-refractivity contribution in [3.05, 3.63) is 35.5 Å². The molecule has 1 fully saturated rings. The van der Waals surface area contributed by atoms with Gasteiger partial charge in [-0.2, -0.15) is 11.8 Å². The third-order valence-electron chi connectivity index (χ3n) is 4.34.